The third kappa shape index (κ3) is 1.60. The predicted molar refractivity (Wildman–Crippen MR) is 66.3 cm³/mol. The van der Waals surface area contributed by atoms with Crippen LogP contribution in [-0.4, -0.2) is 23.0 Å². The van der Waals surface area contributed by atoms with Crippen LogP contribution in [0.1, 0.15) is 18.9 Å². The Kier molecular flexibility index (Phi) is 2.40. The van der Waals surface area contributed by atoms with Gasteiger partial charge in [-0.25, -0.2) is 4.79 Å². The normalized spacial score (nSPS) is 28.9. The van der Waals surface area contributed by atoms with Crippen LogP contribution >= 0.6 is 0 Å². The molecule has 1 N–H and O–H groups in total. The second-order valence-electron chi connectivity index (χ2n) is 5.21. The van der Waals surface area contributed by atoms with Crippen molar-refractivity contribution in [3.8, 4) is 0 Å². The summed E-state index contributed by atoms with van der Waals surface area (Å²) in [6.07, 6.45) is 1.29. The van der Waals surface area contributed by atoms with Gasteiger partial charge < -0.3 is 5.11 Å². The number of carboxylic acid groups (broad SMARTS) is 1. The zero-order chi connectivity index (χ0) is 12.9. The van der Waals surface area contributed by atoms with Crippen molar-refractivity contribution in [1.29, 1.82) is 0 Å². The van der Waals surface area contributed by atoms with Crippen molar-refractivity contribution < 1.29 is 14.7 Å². The van der Waals surface area contributed by atoms with Crippen LogP contribution in [0.4, 0.5) is 5.69 Å². The van der Waals surface area contributed by atoms with Crippen LogP contribution in [0.2, 0.25) is 0 Å². The zero-order valence-corrected chi connectivity index (χ0v) is 10.2. The molecule has 1 aromatic carbocycles. The average molecular weight is 245 g/mol. The van der Waals surface area contributed by atoms with E-state index in [1.807, 2.05) is 31.2 Å². The summed E-state index contributed by atoms with van der Waals surface area (Å²) in [5, 5.41) is 9.28. The molecule has 4 nitrogen and oxygen atoms in total. The molecule has 2 aliphatic rings. The fourth-order valence-corrected chi connectivity index (χ4v) is 2.70. The number of benzene rings is 1. The van der Waals surface area contributed by atoms with Gasteiger partial charge in [0.1, 0.15) is 6.04 Å². The molecule has 1 aliphatic heterocycles. The molecule has 1 fully saturated rings. The maximum absolute atomic E-state index is 12.4. The first-order valence-corrected chi connectivity index (χ1v) is 6.23. The van der Waals surface area contributed by atoms with Crippen molar-refractivity contribution in [2.75, 3.05) is 4.90 Å². The average Bonchev–Trinajstić information content (AvgIpc) is 2.94. The highest BCUT2D eigenvalue weighted by molar-refractivity contribution is 6.04. The Bertz CT molecular complexity index is 526. The number of para-hydroxylation sites is 1. The van der Waals surface area contributed by atoms with Crippen molar-refractivity contribution in [3.63, 3.8) is 0 Å². The van der Waals surface area contributed by atoms with E-state index in [0.717, 1.165) is 17.7 Å². The first kappa shape index (κ1) is 11.3. The largest absolute Gasteiger partial charge is 0.480 e. The highest BCUT2D eigenvalue weighted by atomic mass is 16.4. The molecule has 1 saturated carbocycles. The molecule has 0 saturated heterocycles. The lowest BCUT2D eigenvalue weighted by Gasteiger charge is -2.22. The van der Waals surface area contributed by atoms with Gasteiger partial charge in [-0.1, -0.05) is 25.1 Å². The van der Waals surface area contributed by atoms with E-state index in [4.69, 9.17) is 0 Å². The molecule has 4 heteroatoms. The van der Waals surface area contributed by atoms with Crippen LogP contribution in [0.25, 0.3) is 0 Å². The summed E-state index contributed by atoms with van der Waals surface area (Å²) in [5.41, 5.74) is 1.72. The predicted octanol–water partition coefficient (Wildman–Crippen LogP) is 1.68. The maximum Gasteiger partial charge on any atom is 0.327 e. The Balaban J connectivity index is 1.97. The minimum Gasteiger partial charge on any atom is -0.480 e. The minimum atomic E-state index is -0.923. The summed E-state index contributed by atoms with van der Waals surface area (Å²) < 4.78 is 0. The second-order valence-corrected chi connectivity index (χ2v) is 5.21. The number of hydrogen-bond donors (Lipinski definition) is 1. The summed E-state index contributed by atoms with van der Waals surface area (Å²) in [5.74, 6) is -0.551. The number of hydrogen-bond acceptors (Lipinski definition) is 2. The number of carbonyl (C=O) groups excluding carboxylic acids is 1. The summed E-state index contributed by atoms with van der Waals surface area (Å²) in [6, 6.07) is 6.73. The van der Waals surface area contributed by atoms with E-state index in [1.165, 1.54) is 4.90 Å². The minimum absolute atomic E-state index is 0.0120. The summed E-state index contributed by atoms with van der Waals surface area (Å²) in [6.45, 7) is 2.03. The third-order valence-electron chi connectivity index (χ3n) is 3.93. The van der Waals surface area contributed by atoms with Gasteiger partial charge in [-0.2, -0.15) is 0 Å². The Morgan fingerprint density at radius 1 is 1.33 bits per heavy atom. The van der Waals surface area contributed by atoms with Crippen molar-refractivity contribution in [2.45, 2.75) is 25.8 Å². The van der Waals surface area contributed by atoms with Crippen molar-refractivity contribution in [2.24, 2.45) is 11.8 Å². The molecule has 0 radical (unpaired) electrons. The standard InChI is InChI=1S/C14H15NO3/c1-8-6-10(8)13(16)15-11-5-3-2-4-9(11)7-12(15)14(17)18/h2-5,8,10,12H,6-7H2,1H3,(H,17,18)/t8?,10?,12-/m0/s1. The number of rotatable bonds is 2. The number of fused-ring (bicyclic) bond motifs is 1. The van der Waals surface area contributed by atoms with E-state index in [2.05, 4.69) is 0 Å². The zero-order valence-electron chi connectivity index (χ0n) is 10.2. The van der Waals surface area contributed by atoms with E-state index >= 15 is 0 Å². The number of carboxylic acids is 1. The van der Waals surface area contributed by atoms with Crippen LogP contribution in [0.5, 0.6) is 0 Å². The van der Waals surface area contributed by atoms with Gasteiger partial charge in [0.2, 0.25) is 5.91 Å². The molecule has 2 unspecified atom stereocenters. The van der Waals surface area contributed by atoms with E-state index in [1.54, 1.807) is 0 Å². The summed E-state index contributed by atoms with van der Waals surface area (Å²) >= 11 is 0. The molecular weight excluding hydrogens is 230 g/mol. The maximum atomic E-state index is 12.4. The quantitative estimate of drug-likeness (QED) is 0.862. The highest BCUT2D eigenvalue weighted by Crippen LogP contribution is 2.43. The summed E-state index contributed by atoms with van der Waals surface area (Å²) in [7, 11) is 0. The molecule has 94 valence electrons. The van der Waals surface area contributed by atoms with Crippen molar-refractivity contribution in [3.05, 3.63) is 29.8 Å². The molecule has 1 amide bonds. The van der Waals surface area contributed by atoms with Gasteiger partial charge in [0.15, 0.2) is 0 Å². The fraction of sp³-hybridized carbons (Fsp3) is 0.429. The van der Waals surface area contributed by atoms with Gasteiger partial charge in [0, 0.05) is 18.0 Å². The molecule has 3 atom stereocenters. The van der Waals surface area contributed by atoms with Crippen LogP contribution in [0.3, 0.4) is 0 Å². The van der Waals surface area contributed by atoms with Crippen LogP contribution in [0.15, 0.2) is 24.3 Å². The van der Waals surface area contributed by atoms with Crippen LogP contribution in [0, 0.1) is 11.8 Å². The van der Waals surface area contributed by atoms with Gasteiger partial charge in [-0.15, -0.1) is 0 Å². The SMILES string of the molecule is CC1CC1C(=O)N1c2ccccc2C[C@H]1C(=O)O. The number of aliphatic carboxylic acids is 1. The molecule has 3 rings (SSSR count). The van der Waals surface area contributed by atoms with Crippen molar-refractivity contribution in [1.82, 2.24) is 0 Å². The molecule has 18 heavy (non-hydrogen) atoms. The van der Waals surface area contributed by atoms with Crippen molar-refractivity contribution >= 4 is 17.6 Å². The van der Waals surface area contributed by atoms with E-state index in [9.17, 15) is 14.7 Å². The molecular formula is C14H15NO3. The first-order chi connectivity index (χ1) is 8.59. The lowest BCUT2D eigenvalue weighted by molar-refractivity contribution is -0.140. The second kappa shape index (κ2) is 3.83. The Morgan fingerprint density at radius 2 is 2.00 bits per heavy atom. The smallest absolute Gasteiger partial charge is 0.327 e. The fourth-order valence-electron chi connectivity index (χ4n) is 2.70. The first-order valence-electron chi connectivity index (χ1n) is 6.23. The molecule has 1 aromatic rings. The molecule has 1 heterocycles. The summed E-state index contributed by atoms with van der Waals surface area (Å²) in [4.78, 5) is 25.2. The number of nitrogens with zero attached hydrogens (tertiary/aromatic N) is 1. The van der Waals surface area contributed by atoms with E-state index in [0.29, 0.717) is 12.3 Å². The molecule has 0 bridgehead atoms. The lowest BCUT2D eigenvalue weighted by atomic mass is 10.1. The van der Waals surface area contributed by atoms with E-state index in [-0.39, 0.29) is 11.8 Å². The molecule has 0 aromatic heterocycles. The van der Waals surface area contributed by atoms with Gasteiger partial charge in [-0.05, 0) is 24.0 Å². The third-order valence-corrected chi connectivity index (χ3v) is 3.93. The topological polar surface area (TPSA) is 57.6 Å². The van der Waals surface area contributed by atoms with Gasteiger partial charge >= 0.3 is 5.97 Å². The highest BCUT2D eigenvalue weighted by Gasteiger charge is 2.47. The van der Waals surface area contributed by atoms with Gasteiger partial charge in [-0.3, -0.25) is 9.69 Å². The van der Waals surface area contributed by atoms with Gasteiger partial charge in [0.25, 0.3) is 0 Å². The monoisotopic (exact) mass is 245 g/mol. The van der Waals surface area contributed by atoms with Crippen LogP contribution in [-0.2, 0) is 16.0 Å². The molecule has 1 aliphatic carbocycles. The van der Waals surface area contributed by atoms with E-state index < -0.39 is 12.0 Å². The molecule has 0 spiro atoms. The Labute approximate surface area is 105 Å². The Hall–Kier alpha value is -1.84. The number of amides is 1. The van der Waals surface area contributed by atoms with Crippen LogP contribution < -0.4 is 4.90 Å². The Morgan fingerprint density at radius 3 is 2.61 bits per heavy atom. The lowest BCUT2D eigenvalue weighted by Crippen LogP contribution is -2.43. The number of anilines is 1. The number of carbonyl (C=O) groups is 2. The van der Waals surface area contributed by atoms with Gasteiger partial charge in [0.05, 0.1) is 0 Å².